The number of ketones is 1. The average molecular weight is 468 g/mol. The Kier molecular flexibility index (Phi) is 6.87. The first-order valence-corrected chi connectivity index (χ1v) is 11.3. The number of thioether (sulfide) groups is 1. The maximum Gasteiger partial charge on any atom is 0.257 e. The molecule has 0 aliphatic rings. The topological polar surface area (TPSA) is 120 Å². The molecule has 1 N–H and O–H groups in total. The maximum absolute atomic E-state index is 12.5. The van der Waals surface area contributed by atoms with Crippen LogP contribution in [0.15, 0.2) is 63.6 Å². The van der Waals surface area contributed by atoms with E-state index >= 15 is 0 Å². The van der Waals surface area contributed by atoms with E-state index in [4.69, 9.17) is 4.74 Å². The summed E-state index contributed by atoms with van der Waals surface area (Å²) in [5.41, 5.74) is 2.38. The molecule has 2 aromatic carbocycles. The molecule has 1 amide bonds. The summed E-state index contributed by atoms with van der Waals surface area (Å²) in [6, 6.07) is 15.7. The number of rotatable bonds is 9. The normalized spacial score (nSPS) is 10.7. The molecule has 2 heterocycles. The first-order chi connectivity index (χ1) is 15.6. The van der Waals surface area contributed by atoms with Crippen LogP contribution in [0.1, 0.15) is 32.1 Å². The number of Topliss-reactive ketones (excluding diaryl/α,β-unsaturated/α-hetero) is 1. The third-order valence-electron chi connectivity index (χ3n) is 4.29. The lowest BCUT2D eigenvalue weighted by atomic mass is 10.2. The van der Waals surface area contributed by atoms with Gasteiger partial charge in [-0.3, -0.25) is 14.9 Å². The van der Waals surface area contributed by atoms with Gasteiger partial charge in [-0.05, 0) is 31.2 Å². The number of anilines is 1. The Bertz CT molecular complexity index is 1210. The lowest BCUT2D eigenvalue weighted by Crippen LogP contribution is -2.11. The second-order valence-corrected chi connectivity index (χ2v) is 8.71. The molecule has 11 heteroatoms. The lowest BCUT2D eigenvalue weighted by molar-refractivity contribution is 0.101. The van der Waals surface area contributed by atoms with Crippen LogP contribution in [0.5, 0.6) is 5.75 Å². The average Bonchev–Trinajstić information content (AvgIpc) is 3.45. The van der Waals surface area contributed by atoms with E-state index in [1.54, 1.807) is 43.3 Å². The Morgan fingerprint density at radius 1 is 1.03 bits per heavy atom. The molecule has 4 rings (SSSR count). The summed E-state index contributed by atoms with van der Waals surface area (Å²) in [6.45, 7) is 2.00. The Morgan fingerprint density at radius 3 is 2.53 bits per heavy atom. The van der Waals surface area contributed by atoms with Gasteiger partial charge in [0.25, 0.3) is 5.91 Å². The fourth-order valence-electron chi connectivity index (χ4n) is 2.56. The number of aromatic nitrogens is 4. The van der Waals surface area contributed by atoms with E-state index in [9.17, 15) is 9.59 Å². The number of carbonyl (C=O) groups is 2. The molecule has 0 aliphatic heterocycles. The largest absolute Gasteiger partial charge is 0.487 e. The fraction of sp³-hybridized carbons (Fsp3) is 0.143. The van der Waals surface area contributed by atoms with E-state index in [0.29, 0.717) is 37.7 Å². The van der Waals surface area contributed by atoms with Crippen LogP contribution in [0.3, 0.4) is 0 Å². The van der Waals surface area contributed by atoms with Crippen LogP contribution < -0.4 is 10.1 Å². The molecule has 0 bridgehead atoms. The molecule has 0 spiro atoms. The first-order valence-electron chi connectivity index (χ1n) is 9.45. The molecule has 0 atom stereocenters. The van der Waals surface area contributed by atoms with Crippen molar-refractivity contribution in [3.8, 4) is 5.75 Å². The lowest BCUT2D eigenvalue weighted by Gasteiger charge is -2.05. The number of aryl methyl sites for hydroxylation is 1. The predicted molar refractivity (Wildman–Crippen MR) is 119 cm³/mol. The number of ether oxygens (including phenoxy) is 1. The van der Waals surface area contributed by atoms with Gasteiger partial charge in [0.1, 0.15) is 23.7 Å². The van der Waals surface area contributed by atoms with Gasteiger partial charge < -0.3 is 4.74 Å². The third kappa shape index (κ3) is 5.56. The number of hydrogen-bond donors (Lipinski definition) is 1. The van der Waals surface area contributed by atoms with Gasteiger partial charge in [-0.25, -0.2) is 4.63 Å². The van der Waals surface area contributed by atoms with E-state index < -0.39 is 0 Å². The van der Waals surface area contributed by atoms with Gasteiger partial charge in [0.15, 0.2) is 10.1 Å². The number of hydrogen-bond acceptors (Lipinski definition) is 10. The van der Waals surface area contributed by atoms with E-state index in [1.807, 2.05) is 18.2 Å². The number of carbonyl (C=O) groups excluding carboxylic acids is 2. The van der Waals surface area contributed by atoms with Crippen molar-refractivity contribution in [2.24, 2.45) is 0 Å². The molecule has 9 nitrogen and oxygen atoms in total. The maximum atomic E-state index is 12.5. The monoisotopic (exact) mass is 467 g/mol. The SMILES string of the molecule is Cc1nonc1COc1ccc(C(=O)Nc2nnc(SCC(=O)c3ccccc3)s2)cc1. The summed E-state index contributed by atoms with van der Waals surface area (Å²) in [4.78, 5) is 24.7. The van der Waals surface area contributed by atoms with Gasteiger partial charge in [-0.15, -0.1) is 10.2 Å². The van der Waals surface area contributed by atoms with E-state index in [2.05, 4.69) is 30.5 Å². The fourth-order valence-corrected chi connectivity index (χ4v) is 4.20. The van der Waals surface area contributed by atoms with Gasteiger partial charge in [0.2, 0.25) is 5.13 Å². The van der Waals surface area contributed by atoms with Crippen LogP contribution >= 0.6 is 23.1 Å². The minimum absolute atomic E-state index is 0.00803. The number of nitrogens with one attached hydrogen (secondary N) is 1. The zero-order chi connectivity index (χ0) is 22.3. The van der Waals surface area contributed by atoms with Crippen LogP contribution in [0.25, 0.3) is 0 Å². The standard InChI is InChI=1S/C21H17N5O4S2/c1-13-17(26-30-25-13)11-29-16-9-7-15(8-10-16)19(28)22-20-23-24-21(32-20)31-12-18(27)14-5-3-2-4-6-14/h2-10H,11-12H2,1H3,(H,22,23,28). The van der Waals surface area contributed by atoms with Crippen LogP contribution in [0.2, 0.25) is 0 Å². The molecule has 162 valence electrons. The van der Waals surface area contributed by atoms with E-state index in [-0.39, 0.29) is 24.1 Å². The van der Waals surface area contributed by atoms with Crippen LogP contribution in [0.4, 0.5) is 5.13 Å². The highest BCUT2D eigenvalue weighted by Gasteiger charge is 2.13. The van der Waals surface area contributed by atoms with Gasteiger partial charge in [0, 0.05) is 11.1 Å². The van der Waals surface area contributed by atoms with Crippen LogP contribution in [-0.2, 0) is 6.61 Å². The van der Waals surface area contributed by atoms with Crippen LogP contribution in [-0.4, -0.2) is 38.0 Å². The van der Waals surface area contributed by atoms with Crippen molar-refractivity contribution >= 4 is 39.9 Å². The summed E-state index contributed by atoms with van der Waals surface area (Å²) in [5.74, 6) is 0.522. The van der Waals surface area contributed by atoms with Gasteiger partial charge in [-0.1, -0.05) is 63.7 Å². The summed E-state index contributed by atoms with van der Waals surface area (Å²) in [6.07, 6.45) is 0. The molecule has 32 heavy (non-hydrogen) atoms. The molecular weight excluding hydrogens is 450 g/mol. The Morgan fingerprint density at radius 2 is 1.81 bits per heavy atom. The number of amides is 1. The molecule has 4 aromatic rings. The van der Waals surface area contributed by atoms with Crippen molar-refractivity contribution in [1.82, 2.24) is 20.5 Å². The summed E-state index contributed by atoms with van der Waals surface area (Å²) in [5, 5.41) is 18.5. The highest BCUT2D eigenvalue weighted by molar-refractivity contribution is 8.01. The molecule has 0 saturated carbocycles. The van der Waals surface area contributed by atoms with Crippen molar-refractivity contribution in [3.63, 3.8) is 0 Å². The zero-order valence-electron chi connectivity index (χ0n) is 16.8. The zero-order valence-corrected chi connectivity index (χ0v) is 18.5. The smallest absolute Gasteiger partial charge is 0.257 e. The minimum Gasteiger partial charge on any atom is -0.487 e. The summed E-state index contributed by atoms with van der Waals surface area (Å²) < 4.78 is 10.9. The minimum atomic E-state index is -0.318. The molecule has 2 aromatic heterocycles. The van der Waals surface area contributed by atoms with Crippen LogP contribution in [0, 0.1) is 6.92 Å². The number of benzene rings is 2. The Balaban J connectivity index is 1.28. The summed E-state index contributed by atoms with van der Waals surface area (Å²) >= 11 is 2.50. The molecule has 0 saturated heterocycles. The Labute approximate surface area is 191 Å². The second kappa shape index (κ2) is 10.2. The van der Waals surface area contributed by atoms with E-state index in [0.717, 1.165) is 0 Å². The molecule has 0 unspecified atom stereocenters. The Hall–Kier alpha value is -3.57. The highest BCUT2D eigenvalue weighted by Crippen LogP contribution is 2.26. The molecular formula is C21H17N5O4S2. The van der Waals surface area contributed by atoms with Gasteiger partial charge >= 0.3 is 0 Å². The highest BCUT2D eigenvalue weighted by atomic mass is 32.2. The van der Waals surface area contributed by atoms with Gasteiger partial charge in [-0.2, -0.15) is 0 Å². The van der Waals surface area contributed by atoms with Crippen molar-refractivity contribution in [2.45, 2.75) is 17.9 Å². The van der Waals surface area contributed by atoms with E-state index in [1.165, 1.54) is 23.1 Å². The quantitative estimate of drug-likeness (QED) is 0.221. The molecule has 0 aliphatic carbocycles. The van der Waals surface area contributed by atoms with Crippen molar-refractivity contribution in [2.75, 3.05) is 11.1 Å². The van der Waals surface area contributed by atoms with Crippen molar-refractivity contribution in [1.29, 1.82) is 0 Å². The number of nitrogens with zero attached hydrogens (tertiary/aromatic N) is 4. The van der Waals surface area contributed by atoms with Crippen molar-refractivity contribution in [3.05, 3.63) is 77.1 Å². The molecule has 0 fully saturated rings. The second-order valence-electron chi connectivity index (χ2n) is 6.51. The first kappa shape index (κ1) is 21.7. The van der Waals surface area contributed by atoms with Gasteiger partial charge in [0.05, 0.1) is 5.75 Å². The summed E-state index contributed by atoms with van der Waals surface area (Å²) in [7, 11) is 0. The third-order valence-corrected chi connectivity index (χ3v) is 6.26. The predicted octanol–water partition coefficient (Wildman–Crippen LogP) is 4.04. The van der Waals surface area contributed by atoms with Crippen molar-refractivity contribution < 1.29 is 19.0 Å². The molecule has 0 radical (unpaired) electrons.